The third-order valence-corrected chi connectivity index (χ3v) is 3.81. The molecule has 0 aromatic rings. The number of rotatable bonds is 2. The number of nitrogens with zero attached hydrogens (tertiary/aromatic N) is 1. The van der Waals surface area contributed by atoms with Crippen molar-refractivity contribution >= 4 is 11.8 Å². The molecule has 5 nitrogen and oxygen atoms in total. The Bertz CT molecular complexity index is 317. The fourth-order valence-corrected chi connectivity index (χ4v) is 2.94. The van der Waals surface area contributed by atoms with Crippen molar-refractivity contribution in [1.82, 2.24) is 4.90 Å². The van der Waals surface area contributed by atoms with Crippen molar-refractivity contribution in [2.24, 2.45) is 5.92 Å². The monoisotopic (exact) mass is 227 g/mol. The van der Waals surface area contributed by atoms with Gasteiger partial charge in [-0.3, -0.25) is 14.5 Å². The van der Waals surface area contributed by atoms with E-state index < -0.39 is 11.9 Å². The summed E-state index contributed by atoms with van der Waals surface area (Å²) in [6, 6.07) is 0.0482. The fraction of sp³-hybridized carbons (Fsp3) is 0.818. The summed E-state index contributed by atoms with van der Waals surface area (Å²) in [5, 5.41) is 0. The first kappa shape index (κ1) is 11.5. The Morgan fingerprint density at radius 2 is 2.12 bits per heavy atom. The van der Waals surface area contributed by atoms with Gasteiger partial charge in [0.25, 0.3) is 0 Å². The predicted molar refractivity (Wildman–Crippen MR) is 55.9 cm³/mol. The van der Waals surface area contributed by atoms with Gasteiger partial charge in [0.2, 0.25) is 0 Å². The van der Waals surface area contributed by atoms with E-state index in [1.165, 1.54) is 7.11 Å². The van der Waals surface area contributed by atoms with Gasteiger partial charge in [-0.2, -0.15) is 0 Å². The van der Waals surface area contributed by atoms with Crippen LogP contribution in [0.3, 0.4) is 0 Å². The van der Waals surface area contributed by atoms with Crippen LogP contribution in [0.15, 0.2) is 0 Å². The predicted octanol–water partition coefficient (Wildman–Crippen LogP) is -0.164. The fourth-order valence-electron chi connectivity index (χ4n) is 2.94. The zero-order chi connectivity index (χ0) is 11.9. The zero-order valence-corrected chi connectivity index (χ0v) is 9.80. The number of carbonyl (C=O) groups excluding carboxylic acids is 2. The van der Waals surface area contributed by atoms with Crippen molar-refractivity contribution < 1.29 is 19.1 Å². The lowest BCUT2D eigenvalue weighted by atomic mass is 9.88. The van der Waals surface area contributed by atoms with Crippen molar-refractivity contribution in [3.05, 3.63) is 0 Å². The number of Topliss-reactive ketones (excluding diaryl/α,β-unsaturated/α-hetero) is 1. The maximum absolute atomic E-state index is 11.9. The van der Waals surface area contributed by atoms with Gasteiger partial charge in [0.1, 0.15) is 11.7 Å². The van der Waals surface area contributed by atoms with Crippen LogP contribution in [0.4, 0.5) is 0 Å². The van der Waals surface area contributed by atoms with E-state index >= 15 is 0 Å². The van der Waals surface area contributed by atoms with Crippen LogP contribution in [-0.2, 0) is 19.1 Å². The Morgan fingerprint density at radius 1 is 1.44 bits per heavy atom. The van der Waals surface area contributed by atoms with Crippen molar-refractivity contribution in [2.75, 3.05) is 21.3 Å². The summed E-state index contributed by atoms with van der Waals surface area (Å²) in [5.74, 6) is -1.14. The van der Waals surface area contributed by atoms with Crippen molar-refractivity contribution in [3.8, 4) is 0 Å². The Hall–Kier alpha value is -0.940. The zero-order valence-electron chi connectivity index (χ0n) is 9.80. The smallest absolute Gasteiger partial charge is 0.317 e. The number of likely N-dealkylation sites (N-methyl/N-ethyl adjacent to an activating group) is 1. The minimum atomic E-state index is -0.682. The van der Waals surface area contributed by atoms with Crippen molar-refractivity contribution in [3.63, 3.8) is 0 Å². The summed E-state index contributed by atoms with van der Waals surface area (Å²) in [6.07, 6.45) is 1.19. The first-order valence-corrected chi connectivity index (χ1v) is 5.45. The lowest BCUT2D eigenvalue weighted by Crippen LogP contribution is -2.53. The lowest BCUT2D eigenvalue weighted by Gasteiger charge is -2.35. The first-order valence-electron chi connectivity index (χ1n) is 5.45. The van der Waals surface area contributed by atoms with Gasteiger partial charge in [-0.05, 0) is 13.5 Å². The van der Waals surface area contributed by atoms with Gasteiger partial charge in [0.15, 0.2) is 0 Å². The quantitative estimate of drug-likeness (QED) is 0.484. The topological polar surface area (TPSA) is 55.8 Å². The number of esters is 1. The largest absolute Gasteiger partial charge is 0.468 e. The van der Waals surface area contributed by atoms with E-state index in [4.69, 9.17) is 9.47 Å². The normalized spacial score (nSPS) is 38.8. The first-order chi connectivity index (χ1) is 7.60. The molecule has 2 rings (SSSR count). The molecule has 0 unspecified atom stereocenters. The Kier molecular flexibility index (Phi) is 2.99. The molecule has 0 radical (unpaired) electrons. The maximum Gasteiger partial charge on any atom is 0.317 e. The molecule has 0 aliphatic carbocycles. The molecule has 0 amide bonds. The minimum absolute atomic E-state index is 0.0144. The average Bonchev–Trinajstić information content (AvgIpc) is 2.48. The number of carbonyl (C=O) groups is 2. The molecule has 2 saturated heterocycles. The van der Waals surface area contributed by atoms with Crippen molar-refractivity contribution in [2.45, 2.75) is 31.0 Å². The number of hydrogen-bond donors (Lipinski definition) is 0. The van der Waals surface area contributed by atoms with E-state index in [2.05, 4.69) is 4.90 Å². The van der Waals surface area contributed by atoms with Gasteiger partial charge in [-0.25, -0.2) is 0 Å². The highest BCUT2D eigenvalue weighted by Crippen LogP contribution is 2.38. The van der Waals surface area contributed by atoms with E-state index in [9.17, 15) is 9.59 Å². The van der Waals surface area contributed by atoms with Crippen LogP contribution in [-0.4, -0.2) is 56.1 Å². The minimum Gasteiger partial charge on any atom is -0.468 e. The highest BCUT2D eigenvalue weighted by Gasteiger charge is 2.53. The Balaban J connectivity index is 2.29. The molecular formula is C11H17NO4. The maximum atomic E-state index is 11.9. The molecule has 0 saturated carbocycles. The van der Waals surface area contributed by atoms with Gasteiger partial charge in [0, 0.05) is 19.6 Å². The SMILES string of the molecule is COC(=O)[C@H]1C(=O)C[C@@H]2C[C@@H](OC)[C@H]1N2C. The highest BCUT2D eigenvalue weighted by atomic mass is 16.5. The molecule has 90 valence electrons. The second-order valence-corrected chi connectivity index (χ2v) is 4.49. The number of methoxy groups -OCH3 is 2. The molecule has 2 aliphatic heterocycles. The molecule has 4 atom stereocenters. The number of hydrogen-bond acceptors (Lipinski definition) is 5. The van der Waals surface area contributed by atoms with Gasteiger partial charge in [-0.1, -0.05) is 0 Å². The third kappa shape index (κ3) is 1.55. The number of ether oxygens (including phenoxy) is 2. The Morgan fingerprint density at radius 3 is 2.69 bits per heavy atom. The summed E-state index contributed by atoms with van der Waals surface area (Å²) in [5.41, 5.74) is 0. The molecule has 0 spiro atoms. The number of piperidine rings is 1. The third-order valence-electron chi connectivity index (χ3n) is 3.81. The van der Waals surface area contributed by atoms with Crippen LogP contribution < -0.4 is 0 Å². The van der Waals surface area contributed by atoms with Crippen molar-refractivity contribution in [1.29, 1.82) is 0 Å². The molecule has 2 fully saturated rings. The molecule has 2 heterocycles. The number of ketones is 1. The second-order valence-electron chi connectivity index (χ2n) is 4.49. The molecule has 2 aliphatic rings. The summed E-state index contributed by atoms with van der Waals surface area (Å²) in [4.78, 5) is 25.6. The van der Waals surface area contributed by atoms with Gasteiger partial charge in [-0.15, -0.1) is 0 Å². The van der Waals surface area contributed by atoms with E-state index in [0.717, 1.165) is 6.42 Å². The van der Waals surface area contributed by atoms with Crippen LogP contribution in [0, 0.1) is 5.92 Å². The standard InChI is InChI=1S/C11H17NO4/c1-12-6-4-7(13)9(11(14)16-3)10(12)8(5-6)15-2/h6,8-10H,4-5H2,1-3H3/t6-,8-,9+,10-/m1/s1. The molecule has 0 aromatic carbocycles. The van der Waals surface area contributed by atoms with Crippen LogP contribution in [0.5, 0.6) is 0 Å². The van der Waals surface area contributed by atoms with Crippen LogP contribution >= 0.6 is 0 Å². The molecule has 2 bridgehead atoms. The summed E-state index contributed by atoms with van der Waals surface area (Å²) >= 11 is 0. The van der Waals surface area contributed by atoms with E-state index in [0.29, 0.717) is 6.42 Å². The van der Waals surface area contributed by atoms with Crippen LogP contribution in [0.1, 0.15) is 12.8 Å². The second kappa shape index (κ2) is 4.14. The van der Waals surface area contributed by atoms with Gasteiger partial charge < -0.3 is 9.47 Å². The number of fused-ring (bicyclic) bond motifs is 2. The molecular weight excluding hydrogens is 210 g/mol. The van der Waals surface area contributed by atoms with E-state index in [-0.39, 0.29) is 24.0 Å². The van der Waals surface area contributed by atoms with Crippen LogP contribution in [0.25, 0.3) is 0 Å². The molecule has 0 N–H and O–H groups in total. The van der Waals surface area contributed by atoms with Crippen LogP contribution in [0.2, 0.25) is 0 Å². The van der Waals surface area contributed by atoms with E-state index in [1.54, 1.807) is 7.11 Å². The van der Waals surface area contributed by atoms with Gasteiger partial charge >= 0.3 is 5.97 Å². The molecule has 0 aromatic heterocycles. The molecule has 5 heteroatoms. The average molecular weight is 227 g/mol. The summed E-state index contributed by atoms with van der Waals surface area (Å²) < 4.78 is 10.1. The summed E-state index contributed by atoms with van der Waals surface area (Å²) in [6.45, 7) is 0. The van der Waals surface area contributed by atoms with Gasteiger partial charge in [0.05, 0.1) is 19.3 Å². The highest BCUT2D eigenvalue weighted by molar-refractivity contribution is 6.01. The summed E-state index contributed by atoms with van der Waals surface area (Å²) in [7, 11) is 4.88. The Labute approximate surface area is 94.7 Å². The molecule has 16 heavy (non-hydrogen) atoms. The van der Waals surface area contributed by atoms with E-state index in [1.807, 2.05) is 7.05 Å². The lowest BCUT2D eigenvalue weighted by molar-refractivity contribution is -0.155.